The van der Waals surface area contributed by atoms with Crippen LogP contribution in [0.15, 0.2) is 42.5 Å². The molecule has 2 fully saturated rings. The van der Waals surface area contributed by atoms with Gasteiger partial charge in [-0.1, -0.05) is 12.1 Å². The fraction of sp³-hybridized carbons (Fsp3) is 0.435. The highest BCUT2D eigenvalue weighted by Crippen LogP contribution is 2.40. The van der Waals surface area contributed by atoms with E-state index in [1.807, 2.05) is 13.0 Å². The number of anilines is 1. The van der Waals surface area contributed by atoms with Crippen molar-refractivity contribution in [3.05, 3.63) is 59.4 Å². The molecule has 0 aliphatic carbocycles. The summed E-state index contributed by atoms with van der Waals surface area (Å²) in [6, 6.07) is 13.6. The van der Waals surface area contributed by atoms with Crippen LogP contribution in [-0.4, -0.2) is 37.6 Å². The standard InChI is InChI=1S/C23H28FN3O/c1-16-14-18(27(13-5-6-17(27)2)19-11-12-25-15-19)9-10-22(16)26-23(28)20-7-3-4-8-21(20)24/h3-4,7-10,14,17,19,25H,5-6,11-13,15H2,1-2H3/p+1/t17-,19?,27?/m1/s1. The van der Waals surface area contributed by atoms with E-state index in [2.05, 4.69) is 29.7 Å². The van der Waals surface area contributed by atoms with Gasteiger partial charge in [-0.05, 0) is 37.6 Å². The van der Waals surface area contributed by atoms with Gasteiger partial charge in [0.25, 0.3) is 5.91 Å². The van der Waals surface area contributed by atoms with Gasteiger partial charge in [0.2, 0.25) is 0 Å². The molecule has 0 radical (unpaired) electrons. The summed E-state index contributed by atoms with van der Waals surface area (Å²) in [5, 5.41) is 6.41. The highest BCUT2D eigenvalue weighted by molar-refractivity contribution is 6.04. The van der Waals surface area contributed by atoms with E-state index in [0.29, 0.717) is 12.1 Å². The van der Waals surface area contributed by atoms with Crippen LogP contribution in [0.2, 0.25) is 0 Å². The number of rotatable bonds is 4. The molecule has 5 heteroatoms. The second-order valence-corrected chi connectivity index (χ2v) is 8.23. The summed E-state index contributed by atoms with van der Waals surface area (Å²) >= 11 is 0. The van der Waals surface area contributed by atoms with Gasteiger partial charge in [0.15, 0.2) is 0 Å². The molecule has 148 valence electrons. The molecule has 2 aliphatic heterocycles. The van der Waals surface area contributed by atoms with Crippen LogP contribution in [0.4, 0.5) is 15.8 Å². The van der Waals surface area contributed by atoms with Gasteiger partial charge in [0, 0.05) is 50.2 Å². The van der Waals surface area contributed by atoms with Crippen molar-refractivity contribution >= 4 is 17.3 Å². The third-order valence-electron chi connectivity index (χ3n) is 6.68. The number of carbonyl (C=O) groups is 1. The number of nitrogens with one attached hydrogen (secondary N) is 2. The summed E-state index contributed by atoms with van der Waals surface area (Å²) < 4.78 is 14.9. The molecule has 0 bridgehead atoms. The van der Waals surface area contributed by atoms with E-state index in [9.17, 15) is 9.18 Å². The number of benzene rings is 2. The molecule has 2 unspecified atom stereocenters. The number of halogens is 1. The lowest BCUT2D eigenvalue weighted by atomic mass is 10.0. The number of aryl methyl sites for hydroxylation is 1. The highest BCUT2D eigenvalue weighted by atomic mass is 19.1. The molecule has 1 amide bonds. The molecule has 28 heavy (non-hydrogen) atoms. The van der Waals surface area contributed by atoms with Gasteiger partial charge < -0.3 is 10.6 Å². The van der Waals surface area contributed by atoms with E-state index in [4.69, 9.17) is 0 Å². The van der Waals surface area contributed by atoms with Crippen LogP contribution in [0.25, 0.3) is 0 Å². The second kappa shape index (κ2) is 7.64. The van der Waals surface area contributed by atoms with Crippen LogP contribution in [0, 0.1) is 12.7 Å². The predicted octanol–water partition coefficient (Wildman–Crippen LogP) is 4.24. The predicted molar refractivity (Wildman–Crippen MR) is 112 cm³/mol. The third-order valence-corrected chi connectivity index (χ3v) is 6.68. The lowest BCUT2D eigenvalue weighted by Crippen LogP contribution is -2.59. The van der Waals surface area contributed by atoms with Gasteiger partial charge in [0.1, 0.15) is 17.5 Å². The zero-order chi connectivity index (χ0) is 19.7. The molecule has 2 heterocycles. The summed E-state index contributed by atoms with van der Waals surface area (Å²) in [6.07, 6.45) is 3.71. The number of hydrogen-bond acceptors (Lipinski definition) is 2. The lowest BCUT2D eigenvalue weighted by Gasteiger charge is -2.43. The van der Waals surface area contributed by atoms with Crippen molar-refractivity contribution in [2.45, 2.75) is 45.2 Å². The molecular weight excluding hydrogens is 353 g/mol. The minimum Gasteiger partial charge on any atom is -0.322 e. The quantitative estimate of drug-likeness (QED) is 0.777. The Labute approximate surface area is 166 Å². The second-order valence-electron chi connectivity index (χ2n) is 8.23. The van der Waals surface area contributed by atoms with E-state index in [1.165, 1.54) is 43.6 Å². The van der Waals surface area contributed by atoms with Crippen LogP contribution in [0.3, 0.4) is 0 Å². The van der Waals surface area contributed by atoms with Crippen molar-refractivity contribution in [2.75, 3.05) is 25.0 Å². The van der Waals surface area contributed by atoms with Crippen molar-refractivity contribution in [2.24, 2.45) is 0 Å². The first-order valence-corrected chi connectivity index (χ1v) is 10.3. The Morgan fingerprint density at radius 3 is 2.68 bits per heavy atom. The molecule has 3 atom stereocenters. The van der Waals surface area contributed by atoms with Gasteiger partial charge in [-0.2, -0.15) is 0 Å². The van der Waals surface area contributed by atoms with E-state index < -0.39 is 11.7 Å². The zero-order valence-corrected chi connectivity index (χ0v) is 16.7. The Hall–Kier alpha value is -2.24. The number of nitrogens with zero attached hydrogens (tertiary/aromatic N) is 1. The van der Waals surface area contributed by atoms with E-state index in [0.717, 1.165) is 28.8 Å². The Morgan fingerprint density at radius 2 is 2.04 bits per heavy atom. The maximum absolute atomic E-state index is 13.9. The monoisotopic (exact) mass is 382 g/mol. The molecule has 2 saturated heterocycles. The fourth-order valence-electron chi connectivity index (χ4n) is 5.15. The average Bonchev–Trinajstić information content (AvgIpc) is 3.34. The third kappa shape index (κ3) is 3.23. The molecular formula is C23H29FN3O+. The zero-order valence-electron chi connectivity index (χ0n) is 16.7. The van der Waals surface area contributed by atoms with E-state index in [-0.39, 0.29) is 5.56 Å². The molecule has 0 aromatic heterocycles. The molecule has 2 aliphatic rings. The maximum atomic E-state index is 13.9. The minimum absolute atomic E-state index is 0.0691. The first kappa shape index (κ1) is 19.1. The number of likely N-dealkylation sites (tertiary alicyclic amines) is 1. The van der Waals surface area contributed by atoms with Crippen LogP contribution in [0.5, 0.6) is 0 Å². The van der Waals surface area contributed by atoms with Gasteiger partial charge in [-0.25, -0.2) is 4.39 Å². The molecule has 4 rings (SSSR count). The summed E-state index contributed by atoms with van der Waals surface area (Å²) in [4.78, 5) is 12.5. The SMILES string of the molecule is Cc1cc([N+]2(C3CCNC3)CCC[C@H]2C)ccc1NC(=O)c1ccccc1F. The molecule has 0 spiro atoms. The van der Waals surface area contributed by atoms with Gasteiger partial charge in [-0.3, -0.25) is 9.28 Å². The number of quaternary nitrogens is 1. The smallest absolute Gasteiger partial charge is 0.258 e. The number of carbonyl (C=O) groups excluding carboxylic acids is 1. The summed E-state index contributed by atoms with van der Waals surface area (Å²) in [5.74, 6) is -0.911. The lowest BCUT2D eigenvalue weighted by molar-refractivity contribution is 0.102. The largest absolute Gasteiger partial charge is 0.322 e. The fourth-order valence-corrected chi connectivity index (χ4v) is 5.15. The Morgan fingerprint density at radius 1 is 1.21 bits per heavy atom. The summed E-state index contributed by atoms with van der Waals surface area (Å²) in [7, 11) is 0. The van der Waals surface area contributed by atoms with Crippen molar-refractivity contribution in [3.8, 4) is 0 Å². The van der Waals surface area contributed by atoms with Crippen molar-refractivity contribution in [1.29, 1.82) is 0 Å². The first-order valence-electron chi connectivity index (χ1n) is 10.3. The van der Waals surface area contributed by atoms with Crippen molar-refractivity contribution in [1.82, 2.24) is 9.80 Å². The first-order chi connectivity index (χ1) is 13.5. The molecule has 4 nitrogen and oxygen atoms in total. The molecule has 2 aromatic carbocycles. The normalized spacial score (nSPS) is 27.1. The maximum Gasteiger partial charge on any atom is 0.258 e. The van der Waals surface area contributed by atoms with Crippen LogP contribution < -0.4 is 15.1 Å². The average molecular weight is 383 g/mol. The highest BCUT2D eigenvalue weighted by Gasteiger charge is 2.48. The van der Waals surface area contributed by atoms with Crippen LogP contribution in [-0.2, 0) is 0 Å². The van der Waals surface area contributed by atoms with Crippen molar-refractivity contribution < 1.29 is 9.18 Å². The number of amides is 1. The Bertz CT molecular complexity index is 878. The van der Waals surface area contributed by atoms with Gasteiger partial charge in [0.05, 0.1) is 18.2 Å². The Balaban J connectivity index is 1.62. The molecule has 2 N–H and O–H groups in total. The van der Waals surface area contributed by atoms with E-state index >= 15 is 0 Å². The Kier molecular flexibility index (Phi) is 5.21. The summed E-state index contributed by atoms with van der Waals surface area (Å²) in [6.45, 7) is 7.72. The van der Waals surface area contributed by atoms with Crippen LogP contribution >= 0.6 is 0 Å². The minimum atomic E-state index is -0.501. The molecule has 0 saturated carbocycles. The molecule has 2 aromatic rings. The van der Waals surface area contributed by atoms with Crippen LogP contribution in [0.1, 0.15) is 42.1 Å². The topological polar surface area (TPSA) is 41.1 Å². The summed E-state index contributed by atoms with van der Waals surface area (Å²) in [5.41, 5.74) is 3.16. The van der Waals surface area contributed by atoms with E-state index in [1.54, 1.807) is 12.1 Å². The van der Waals surface area contributed by atoms with Crippen molar-refractivity contribution in [3.63, 3.8) is 0 Å². The van der Waals surface area contributed by atoms with Gasteiger partial charge >= 0.3 is 0 Å². The van der Waals surface area contributed by atoms with Gasteiger partial charge in [-0.15, -0.1) is 0 Å². The number of hydrogen-bond donors (Lipinski definition) is 2.